The summed E-state index contributed by atoms with van der Waals surface area (Å²) in [7, 11) is 0. The first-order chi connectivity index (χ1) is 10.2. The molecule has 0 saturated heterocycles. The Bertz CT molecular complexity index is 748. The first-order valence-corrected chi connectivity index (χ1v) is 6.77. The van der Waals surface area contributed by atoms with Crippen molar-refractivity contribution in [3.05, 3.63) is 97.9 Å². The summed E-state index contributed by atoms with van der Waals surface area (Å²) in [4.78, 5) is 4.04. The Morgan fingerprint density at radius 1 is 0.818 bits per heavy atom. The van der Waals surface area contributed by atoms with Crippen LogP contribution in [0.15, 0.2) is 79.9 Å². The second kappa shape index (κ2) is 7.01. The van der Waals surface area contributed by atoms with Gasteiger partial charge in [0.1, 0.15) is 0 Å². The van der Waals surface area contributed by atoms with E-state index in [9.17, 15) is 0 Å². The summed E-state index contributed by atoms with van der Waals surface area (Å²) < 4.78 is 2.02. The minimum Gasteiger partial charge on any atom is -1.00 e. The molecule has 0 aliphatic heterocycles. The van der Waals surface area contributed by atoms with Crippen molar-refractivity contribution in [2.75, 3.05) is 0 Å². The summed E-state index contributed by atoms with van der Waals surface area (Å²) in [6, 6.07) is 16.2. The van der Waals surface area contributed by atoms with Crippen LogP contribution in [-0.4, -0.2) is 4.98 Å². The first-order valence-electron chi connectivity index (χ1n) is 6.77. The van der Waals surface area contributed by atoms with Crippen LogP contribution in [0.2, 0.25) is 0 Å². The van der Waals surface area contributed by atoms with Gasteiger partial charge in [0.25, 0.3) is 0 Å². The van der Waals surface area contributed by atoms with Crippen LogP contribution in [0.3, 0.4) is 0 Å². The van der Waals surface area contributed by atoms with Crippen molar-refractivity contribution in [1.29, 1.82) is 0 Å². The molecule has 2 aromatic heterocycles. The van der Waals surface area contributed by atoms with Gasteiger partial charge < -0.3 is 12.4 Å². The molecule has 0 saturated carbocycles. The number of hydrogen-bond donors (Lipinski definition) is 0. The number of halogens is 1. The molecule has 0 unspecified atom stereocenters. The van der Waals surface area contributed by atoms with E-state index in [2.05, 4.69) is 30.6 Å². The zero-order valence-electron chi connectivity index (χ0n) is 12.1. The quantitative estimate of drug-likeness (QED) is 0.652. The Hall–Kier alpha value is -2.45. The van der Waals surface area contributed by atoms with Crippen molar-refractivity contribution in [3.8, 4) is 11.1 Å². The van der Waals surface area contributed by atoms with Crippen molar-refractivity contribution >= 4 is 5.70 Å². The lowest BCUT2D eigenvalue weighted by atomic mass is 10.1. The lowest BCUT2D eigenvalue weighted by Gasteiger charge is -2.03. The fraction of sp³-hybridized carbons (Fsp3) is 0. The SMILES string of the molecule is [CH2]c1ccc(C(=C)[n+]2ccc(-c3ccncc3)cc2)cc1.[Cl-]. The second-order valence-electron chi connectivity index (χ2n) is 4.87. The molecule has 0 aliphatic rings. The molecule has 2 heterocycles. The van der Waals surface area contributed by atoms with Gasteiger partial charge in [-0.1, -0.05) is 12.1 Å². The molecular formula is C19H16ClN2. The van der Waals surface area contributed by atoms with Gasteiger partial charge in [-0.05, 0) is 54.5 Å². The maximum Gasteiger partial charge on any atom is 0.210 e. The third-order valence-electron chi connectivity index (χ3n) is 3.44. The summed E-state index contributed by atoms with van der Waals surface area (Å²) in [5.74, 6) is 0. The summed E-state index contributed by atoms with van der Waals surface area (Å²) in [6.45, 7) is 8.06. The molecule has 0 N–H and O–H groups in total. The molecule has 22 heavy (non-hydrogen) atoms. The highest BCUT2D eigenvalue weighted by molar-refractivity contribution is 5.62. The highest BCUT2D eigenvalue weighted by Gasteiger charge is 2.10. The van der Waals surface area contributed by atoms with Gasteiger partial charge in [0, 0.05) is 30.1 Å². The molecule has 109 valence electrons. The maximum absolute atomic E-state index is 4.16. The fourth-order valence-corrected chi connectivity index (χ4v) is 2.19. The summed E-state index contributed by atoms with van der Waals surface area (Å²) in [5.41, 5.74) is 5.35. The van der Waals surface area contributed by atoms with Crippen LogP contribution in [0.1, 0.15) is 11.1 Å². The van der Waals surface area contributed by atoms with E-state index in [4.69, 9.17) is 0 Å². The number of rotatable bonds is 3. The van der Waals surface area contributed by atoms with Gasteiger partial charge in [-0.15, -0.1) is 0 Å². The molecule has 0 spiro atoms. The van der Waals surface area contributed by atoms with Gasteiger partial charge in [0.15, 0.2) is 12.4 Å². The Morgan fingerprint density at radius 2 is 1.36 bits per heavy atom. The van der Waals surface area contributed by atoms with Crippen LogP contribution < -0.4 is 17.0 Å². The molecule has 0 aliphatic carbocycles. The van der Waals surface area contributed by atoms with Crippen LogP contribution in [0, 0.1) is 6.92 Å². The average Bonchev–Trinajstić information content (AvgIpc) is 2.56. The molecule has 0 bridgehead atoms. The van der Waals surface area contributed by atoms with Gasteiger partial charge in [-0.3, -0.25) is 4.98 Å². The first kappa shape index (κ1) is 15.9. The highest BCUT2D eigenvalue weighted by atomic mass is 35.5. The normalized spacial score (nSPS) is 9.86. The van der Waals surface area contributed by atoms with E-state index >= 15 is 0 Å². The Labute approximate surface area is 137 Å². The van der Waals surface area contributed by atoms with Crippen LogP contribution >= 0.6 is 0 Å². The van der Waals surface area contributed by atoms with Crippen LogP contribution in [0.5, 0.6) is 0 Å². The Kier molecular flexibility index (Phi) is 5.08. The fourth-order valence-electron chi connectivity index (χ4n) is 2.19. The number of aromatic nitrogens is 2. The number of benzene rings is 1. The molecule has 1 aromatic carbocycles. The molecule has 2 nitrogen and oxygen atoms in total. The monoisotopic (exact) mass is 307 g/mol. The number of hydrogen-bond acceptors (Lipinski definition) is 1. The van der Waals surface area contributed by atoms with E-state index in [1.54, 1.807) is 12.4 Å². The van der Waals surface area contributed by atoms with Crippen LogP contribution in [0.4, 0.5) is 0 Å². The maximum atomic E-state index is 4.16. The van der Waals surface area contributed by atoms with Crippen molar-refractivity contribution in [2.45, 2.75) is 0 Å². The second-order valence-corrected chi connectivity index (χ2v) is 4.87. The number of pyridine rings is 2. The van der Waals surface area contributed by atoms with Crippen LogP contribution in [0.25, 0.3) is 16.8 Å². The smallest absolute Gasteiger partial charge is 0.210 e. The van der Waals surface area contributed by atoms with Gasteiger partial charge in [0.05, 0.1) is 0 Å². The summed E-state index contributed by atoms with van der Waals surface area (Å²) in [5, 5.41) is 0. The van der Waals surface area contributed by atoms with Crippen molar-refractivity contribution < 1.29 is 17.0 Å². The van der Waals surface area contributed by atoms with E-state index < -0.39 is 0 Å². The minimum atomic E-state index is 0. The van der Waals surface area contributed by atoms with Gasteiger partial charge in [-0.2, -0.15) is 4.57 Å². The van der Waals surface area contributed by atoms with E-state index in [0.29, 0.717) is 0 Å². The lowest BCUT2D eigenvalue weighted by molar-refractivity contribution is -0.578. The molecule has 0 amide bonds. The van der Waals surface area contributed by atoms with Crippen molar-refractivity contribution in [1.82, 2.24) is 4.98 Å². The molecule has 3 aromatic rings. The summed E-state index contributed by atoms with van der Waals surface area (Å²) in [6.07, 6.45) is 7.65. The van der Waals surface area contributed by atoms with Crippen LogP contribution in [-0.2, 0) is 0 Å². The zero-order valence-corrected chi connectivity index (χ0v) is 12.9. The molecule has 0 atom stereocenters. The van der Waals surface area contributed by atoms with Gasteiger partial charge in [-0.25, -0.2) is 0 Å². The molecule has 3 heteroatoms. The third-order valence-corrected chi connectivity index (χ3v) is 3.44. The van der Waals surface area contributed by atoms with Crippen molar-refractivity contribution in [2.24, 2.45) is 0 Å². The Morgan fingerprint density at radius 3 is 1.95 bits per heavy atom. The summed E-state index contributed by atoms with van der Waals surface area (Å²) >= 11 is 0. The average molecular weight is 308 g/mol. The predicted octanol–water partition coefficient (Wildman–Crippen LogP) is 0.741. The number of nitrogens with zero attached hydrogens (tertiary/aromatic N) is 2. The highest BCUT2D eigenvalue weighted by Crippen LogP contribution is 2.17. The largest absolute Gasteiger partial charge is 1.00 e. The molecule has 0 fully saturated rings. The Balaban J connectivity index is 0.00000176. The van der Waals surface area contributed by atoms with E-state index in [1.165, 1.54) is 0 Å². The van der Waals surface area contributed by atoms with Gasteiger partial charge in [0.2, 0.25) is 5.70 Å². The predicted molar refractivity (Wildman–Crippen MR) is 85.2 cm³/mol. The lowest BCUT2D eigenvalue weighted by Crippen LogP contribution is -3.00. The topological polar surface area (TPSA) is 16.8 Å². The standard InChI is InChI=1S/C19H16N2.ClH/c1-15-3-5-17(6-4-15)16(2)21-13-9-19(10-14-21)18-7-11-20-12-8-18;/h3-14H,1-2H2;1H/q+1;/p-1. The van der Waals surface area contributed by atoms with E-state index in [0.717, 1.165) is 28.0 Å². The minimum absolute atomic E-state index is 0. The molecule has 3 rings (SSSR count). The third kappa shape index (κ3) is 3.41. The molecular weight excluding hydrogens is 292 g/mol. The zero-order chi connectivity index (χ0) is 14.7. The van der Waals surface area contributed by atoms with E-state index in [-0.39, 0.29) is 12.4 Å². The van der Waals surface area contributed by atoms with E-state index in [1.807, 2.05) is 53.4 Å². The van der Waals surface area contributed by atoms with Gasteiger partial charge >= 0.3 is 0 Å². The molecule has 1 radical (unpaired) electrons. The van der Waals surface area contributed by atoms with Crippen molar-refractivity contribution in [3.63, 3.8) is 0 Å².